The Kier molecular flexibility index (Phi) is 6.83. The van der Waals surface area contributed by atoms with Gasteiger partial charge in [0.1, 0.15) is 22.3 Å². The SMILES string of the molecule is c1ccc(-c2ccc3c4ccccc4n(-c4ccc5c(c4)oc4ccc(-c6nc(-c7ccccc7)nc(-c7cccc8c7oc7ccccc78)n6)cc45)c3c2)cc1. The number of hydrogen-bond acceptors (Lipinski definition) is 5. The molecule has 57 heavy (non-hydrogen) atoms. The van der Waals surface area contributed by atoms with Gasteiger partial charge in [-0.1, -0.05) is 121 Å². The van der Waals surface area contributed by atoms with Crippen molar-refractivity contribution in [1.29, 1.82) is 0 Å². The Hall–Kier alpha value is -7.83. The molecular formula is C51H30N4O2. The molecule has 0 aliphatic rings. The lowest BCUT2D eigenvalue weighted by Crippen LogP contribution is -2.00. The maximum atomic E-state index is 6.58. The lowest BCUT2D eigenvalue weighted by atomic mass is 10.0. The number of aromatic nitrogens is 4. The summed E-state index contributed by atoms with van der Waals surface area (Å²) in [7, 11) is 0. The minimum Gasteiger partial charge on any atom is -0.456 e. The van der Waals surface area contributed by atoms with Gasteiger partial charge < -0.3 is 13.4 Å². The van der Waals surface area contributed by atoms with Gasteiger partial charge in [-0.3, -0.25) is 0 Å². The van der Waals surface area contributed by atoms with Crippen molar-refractivity contribution < 1.29 is 8.83 Å². The van der Waals surface area contributed by atoms with E-state index in [1.54, 1.807) is 0 Å². The Morgan fingerprint density at radius 2 is 0.965 bits per heavy atom. The zero-order valence-electron chi connectivity index (χ0n) is 30.4. The minimum atomic E-state index is 0.548. The second-order valence-corrected chi connectivity index (χ2v) is 14.4. The molecule has 0 amide bonds. The fourth-order valence-electron chi connectivity index (χ4n) is 8.37. The molecule has 4 heterocycles. The summed E-state index contributed by atoms with van der Waals surface area (Å²) in [4.78, 5) is 15.2. The summed E-state index contributed by atoms with van der Waals surface area (Å²) < 4.78 is 15.3. The molecule has 12 rings (SSSR count). The van der Waals surface area contributed by atoms with Crippen molar-refractivity contribution in [3.05, 3.63) is 182 Å². The largest absolute Gasteiger partial charge is 0.456 e. The Labute approximate surface area is 325 Å². The predicted molar refractivity (Wildman–Crippen MR) is 230 cm³/mol. The van der Waals surface area contributed by atoms with Gasteiger partial charge in [0.15, 0.2) is 17.5 Å². The molecular weight excluding hydrogens is 701 g/mol. The lowest BCUT2D eigenvalue weighted by Gasteiger charge is -2.09. The normalized spacial score (nSPS) is 11.9. The number of para-hydroxylation sites is 3. The third kappa shape index (κ3) is 5.01. The highest BCUT2D eigenvalue weighted by molar-refractivity contribution is 6.12. The number of rotatable bonds is 5. The highest BCUT2D eigenvalue weighted by atomic mass is 16.3. The number of benzene rings is 8. The summed E-state index contributed by atoms with van der Waals surface area (Å²) in [5.74, 6) is 1.71. The van der Waals surface area contributed by atoms with Crippen LogP contribution in [0.1, 0.15) is 0 Å². The van der Waals surface area contributed by atoms with E-state index in [1.165, 1.54) is 21.9 Å². The molecule has 6 heteroatoms. The molecule has 0 spiro atoms. The third-order valence-corrected chi connectivity index (χ3v) is 11.1. The van der Waals surface area contributed by atoms with Crippen LogP contribution in [0, 0.1) is 0 Å². The highest BCUT2D eigenvalue weighted by Crippen LogP contribution is 2.39. The van der Waals surface area contributed by atoms with Crippen LogP contribution in [0.15, 0.2) is 191 Å². The zero-order valence-corrected chi connectivity index (χ0v) is 30.4. The van der Waals surface area contributed by atoms with Crippen LogP contribution >= 0.6 is 0 Å². The molecule has 266 valence electrons. The molecule has 0 aliphatic carbocycles. The van der Waals surface area contributed by atoms with Crippen molar-refractivity contribution in [2.45, 2.75) is 0 Å². The summed E-state index contributed by atoms with van der Waals surface area (Å²) in [5, 5.41) is 6.51. The Balaban J connectivity index is 1.01. The van der Waals surface area contributed by atoms with Crippen LogP contribution in [0.5, 0.6) is 0 Å². The van der Waals surface area contributed by atoms with Gasteiger partial charge in [0.25, 0.3) is 0 Å². The molecule has 6 nitrogen and oxygen atoms in total. The molecule has 0 saturated carbocycles. The number of fused-ring (bicyclic) bond motifs is 9. The summed E-state index contributed by atoms with van der Waals surface area (Å²) in [6.45, 7) is 0. The van der Waals surface area contributed by atoms with Crippen molar-refractivity contribution in [3.63, 3.8) is 0 Å². The standard InChI is InChI=1S/C51H30N4O2/c1-3-12-31(13-4-1)33-22-25-37-36-16-7-9-20-43(36)55(44(37)29-33)35-24-26-39-42-28-34(23-27-46(42)56-47(39)30-35)50-52-49(32-14-5-2-6-15-32)53-51(54-50)41-19-11-18-40-38-17-8-10-21-45(38)57-48(40)41/h1-30H. The molecule has 0 bridgehead atoms. The van der Waals surface area contributed by atoms with Gasteiger partial charge in [0.05, 0.1) is 16.6 Å². The van der Waals surface area contributed by atoms with Crippen molar-refractivity contribution in [3.8, 4) is 51.0 Å². The highest BCUT2D eigenvalue weighted by Gasteiger charge is 2.20. The van der Waals surface area contributed by atoms with Gasteiger partial charge in [-0.15, -0.1) is 0 Å². The molecule has 4 aromatic heterocycles. The Morgan fingerprint density at radius 1 is 0.333 bits per heavy atom. The third-order valence-electron chi connectivity index (χ3n) is 11.1. The van der Waals surface area contributed by atoms with Crippen molar-refractivity contribution >= 4 is 65.7 Å². The fourth-order valence-corrected chi connectivity index (χ4v) is 8.37. The number of nitrogens with zero attached hydrogens (tertiary/aromatic N) is 4. The topological polar surface area (TPSA) is 69.9 Å². The monoisotopic (exact) mass is 730 g/mol. The number of hydrogen-bond donors (Lipinski definition) is 0. The molecule has 0 aliphatic heterocycles. The van der Waals surface area contributed by atoms with Gasteiger partial charge >= 0.3 is 0 Å². The van der Waals surface area contributed by atoms with E-state index in [0.717, 1.165) is 77.3 Å². The fraction of sp³-hybridized carbons (Fsp3) is 0. The summed E-state index contributed by atoms with van der Waals surface area (Å²) >= 11 is 0. The smallest absolute Gasteiger partial charge is 0.167 e. The van der Waals surface area contributed by atoms with E-state index in [-0.39, 0.29) is 0 Å². The van der Waals surface area contributed by atoms with E-state index in [9.17, 15) is 0 Å². The van der Waals surface area contributed by atoms with Crippen molar-refractivity contribution in [1.82, 2.24) is 19.5 Å². The summed E-state index contributed by atoms with van der Waals surface area (Å²) in [5.41, 5.74) is 11.5. The lowest BCUT2D eigenvalue weighted by molar-refractivity contribution is 0.668. The van der Waals surface area contributed by atoms with Gasteiger partial charge in [-0.05, 0) is 65.7 Å². The van der Waals surface area contributed by atoms with E-state index in [0.29, 0.717) is 17.5 Å². The van der Waals surface area contributed by atoms with Crippen LogP contribution in [0.3, 0.4) is 0 Å². The molecule has 0 fully saturated rings. The second-order valence-electron chi connectivity index (χ2n) is 14.4. The summed E-state index contributed by atoms with van der Waals surface area (Å²) in [6.07, 6.45) is 0. The van der Waals surface area contributed by atoms with E-state index >= 15 is 0 Å². The average molecular weight is 731 g/mol. The van der Waals surface area contributed by atoms with Gasteiger partial charge in [0, 0.05) is 55.2 Å². The maximum Gasteiger partial charge on any atom is 0.167 e. The van der Waals surface area contributed by atoms with Crippen molar-refractivity contribution in [2.75, 3.05) is 0 Å². The molecule has 0 radical (unpaired) electrons. The van der Waals surface area contributed by atoms with E-state index in [1.807, 2.05) is 72.8 Å². The molecule has 0 N–H and O–H groups in total. The first kappa shape index (κ1) is 31.5. The summed E-state index contributed by atoms with van der Waals surface area (Å²) in [6, 6.07) is 62.8. The second kappa shape index (κ2) is 12.3. The quantitative estimate of drug-likeness (QED) is 0.176. The van der Waals surface area contributed by atoms with Crippen molar-refractivity contribution in [2.24, 2.45) is 0 Å². The number of furan rings is 2. The zero-order chi connectivity index (χ0) is 37.5. The first-order chi connectivity index (χ1) is 28.2. The van der Waals surface area contributed by atoms with Crippen LogP contribution in [0.25, 0.3) is 117 Å². The van der Waals surface area contributed by atoms with Gasteiger partial charge in [0.2, 0.25) is 0 Å². The van der Waals surface area contributed by atoms with Crippen LogP contribution in [0.2, 0.25) is 0 Å². The first-order valence-corrected chi connectivity index (χ1v) is 19.0. The molecule has 0 unspecified atom stereocenters. The Morgan fingerprint density at radius 3 is 1.82 bits per heavy atom. The molecule has 0 saturated heterocycles. The molecule has 0 atom stereocenters. The van der Waals surface area contributed by atoms with Crippen LogP contribution in [-0.4, -0.2) is 19.5 Å². The minimum absolute atomic E-state index is 0.548. The average Bonchev–Trinajstić information content (AvgIpc) is 3.95. The van der Waals surface area contributed by atoms with Crippen LogP contribution in [0.4, 0.5) is 0 Å². The molecule has 8 aromatic carbocycles. The van der Waals surface area contributed by atoms with Gasteiger partial charge in [-0.2, -0.15) is 0 Å². The Bertz CT molecular complexity index is 3530. The van der Waals surface area contributed by atoms with E-state index in [4.69, 9.17) is 23.8 Å². The van der Waals surface area contributed by atoms with Crippen LogP contribution in [-0.2, 0) is 0 Å². The first-order valence-electron chi connectivity index (χ1n) is 19.0. The van der Waals surface area contributed by atoms with E-state index in [2.05, 4.69) is 114 Å². The molecule has 12 aromatic rings. The maximum absolute atomic E-state index is 6.58. The van der Waals surface area contributed by atoms with Crippen LogP contribution < -0.4 is 0 Å². The predicted octanol–water partition coefficient (Wildman–Crippen LogP) is 13.4. The van der Waals surface area contributed by atoms with E-state index < -0.39 is 0 Å². The van der Waals surface area contributed by atoms with Gasteiger partial charge in [-0.25, -0.2) is 15.0 Å².